The van der Waals surface area contributed by atoms with Gasteiger partial charge in [-0.15, -0.1) is 0 Å². The minimum absolute atomic E-state index is 0.0540. The summed E-state index contributed by atoms with van der Waals surface area (Å²) in [5.74, 6) is -1.25. The van der Waals surface area contributed by atoms with Crippen molar-refractivity contribution in [3.05, 3.63) is 16.5 Å². The van der Waals surface area contributed by atoms with Gasteiger partial charge in [-0.25, -0.2) is 14.8 Å². The molecule has 0 spiro atoms. The summed E-state index contributed by atoms with van der Waals surface area (Å²) in [5, 5.41) is 2.71. The lowest BCUT2D eigenvalue weighted by Crippen LogP contribution is -2.46. The van der Waals surface area contributed by atoms with Crippen LogP contribution in [0.25, 0.3) is 0 Å². The molecule has 0 aliphatic heterocycles. The molecule has 0 aromatic carbocycles. The largest absolute Gasteiger partial charge is 0.448 e. The van der Waals surface area contributed by atoms with Crippen molar-refractivity contribution in [1.82, 2.24) is 15.3 Å². The zero-order chi connectivity index (χ0) is 15.5. The molecule has 0 bridgehead atoms. The number of nitrogens with one attached hydrogen (secondary N) is 1. The van der Waals surface area contributed by atoms with Gasteiger partial charge in [0.2, 0.25) is 0 Å². The van der Waals surface area contributed by atoms with Crippen molar-refractivity contribution in [2.75, 3.05) is 5.73 Å². The van der Waals surface area contributed by atoms with Crippen LogP contribution in [0.5, 0.6) is 0 Å². The third kappa shape index (κ3) is 4.76. The Hall–Kier alpha value is -1.70. The third-order valence-electron chi connectivity index (χ3n) is 2.12. The summed E-state index contributed by atoms with van der Waals surface area (Å²) >= 11 is 3.08. The lowest BCUT2D eigenvalue weighted by atomic mass is 10.1. The molecule has 0 saturated heterocycles. The number of rotatable bonds is 3. The Bertz CT molecular complexity index is 528. The first-order valence-corrected chi connectivity index (χ1v) is 6.70. The van der Waals surface area contributed by atoms with Crippen LogP contribution in [0.4, 0.5) is 5.82 Å². The normalized spacial score (nSPS) is 12.7. The van der Waals surface area contributed by atoms with E-state index in [9.17, 15) is 9.59 Å². The molecule has 8 heteroatoms. The van der Waals surface area contributed by atoms with Gasteiger partial charge in [0.15, 0.2) is 17.6 Å². The van der Waals surface area contributed by atoms with E-state index in [0.29, 0.717) is 4.60 Å². The van der Waals surface area contributed by atoms with Crippen LogP contribution in [0.2, 0.25) is 0 Å². The fourth-order valence-corrected chi connectivity index (χ4v) is 1.55. The molecule has 0 fully saturated rings. The molecular weight excluding hydrogens is 328 g/mol. The molecule has 0 radical (unpaired) electrons. The molecule has 1 aromatic rings. The first-order valence-electron chi connectivity index (χ1n) is 5.91. The predicted octanol–water partition coefficient (Wildman–Crippen LogP) is 1.28. The lowest BCUT2D eigenvalue weighted by molar-refractivity contribution is -0.130. The van der Waals surface area contributed by atoms with Gasteiger partial charge in [0.25, 0.3) is 5.91 Å². The first-order chi connectivity index (χ1) is 9.10. The fourth-order valence-electron chi connectivity index (χ4n) is 1.27. The number of nitrogens with zero attached hydrogens (tertiary/aromatic N) is 2. The number of anilines is 1. The summed E-state index contributed by atoms with van der Waals surface area (Å²) in [7, 11) is 0. The Morgan fingerprint density at radius 2 is 2.05 bits per heavy atom. The summed E-state index contributed by atoms with van der Waals surface area (Å²) in [4.78, 5) is 31.4. The zero-order valence-corrected chi connectivity index (χ0v) is 13.3. The number of esters is 1. The van der Waals surface area contributed by atoms with E-state index in [1.807, 2.05) is 20.8 Å². The second kappa shape index (κ2) is 6.17. The minimum Gasteiger partial charge on any atom is -0.448 e. The number of nitrogen functional groups attached to an aromatic ring is 1. The van der Waals surface area contributed by atoms with Gasteiger partial charge in [0, 0.05) is 5.54 Å². The molecule has 7 nitrogen and oxygen atoms in total. The van der Waals surface area contributed by atoms with Crippen LogP contribution in [-0.4, -0.2) is 33.5 Å². The van der Waals surface area contributed by atoms with Gasteiger partial charge in [-0.3, -0.25) is 4.79 Å². The van der Waals surface area contributed by atoms with E-state index in [1.54, 1.807) is 0 Å². The van der Waals surface area contributed by atoms with Gasteiger partial charge in [-0.2, -0.15) is 0 Å². The molecule has 3 N–H and O–H groups in total. The fraction of sp³-hybridized carbons (Fsp3) is 0.500. The van der Waals surface area contributed by atoms with Crippen LogP contribution in [0.15, 0.2) is 10.8 Å². The molecule has 1 amide bonds. The van der Waals surface area contributed by atoms with Crippen molar-refractivity contribution in [3.63, 3.8) is 0 Å². The quantitative estimate of drug-likeness (QED) is 0.799. The SMILES string of the molecule is C[C@@H](OC(=O)c1nc(Br)cnc1N)C(=O)NC(C)(C)C. The Kier molecular flexibility index (Phi) is 5.04. The number of carbonyl (C=O) groups excluding carboxylic acids is 2. The van der Waals surface area contributed by atoms with Crippen LogP contribution in [0.3, 0.4) is 0 Å². The monoisotopic (exact) mass is 344 g/mol. The summed E-state index contributed by atoms with van der Waals surface area (Å²) in [6, 6.07) is 0. The number of nitrogens with two attached hydrogens (primary N) is 1. The first kappa shape index (κ1) is 16.4. The molecule has 110 valence electrons. The van der Waals surface area contributed by atoms with Crippen LogP contribution in [-0.2, 0) is 9.53 Å². The number of carbonyl (C=O) groups is 2. The molecular formula is C12H17BrN4O3. The van der Waals surface area contributed by atoms with Crippen LogP contribution in [0, 0.1) is 0 Å². The van der Waals surface area contributed by atoms with Gasteiger partial charge in [0.05, 0.1) is 6.20 Å². The maximum Gasteiger partial charge on any atom is 0.361 e. The number of amides is 1. The highest BCUT2D eigenvalue weighted by molar-refractivity contribution is 9.10. The van der Waals surface area contributed by atoms with Crippen LogP contribution < -0.4 is 11.1 Å². The van der Waals surface area contributed by atoms with Gasteiger partial charge in [-0.05, 0) is 43.6 Å². The van der Waals surface area contributed by atoms with E-state index in [0.717, 1.165) is 0 Å². The highest BCUT2D eigenvalue weighted by Gasteiger charge is 2.24. The van der Waals surface area contributed by atoms with E-state index < -0.39 is 23.5 Å². The maximum absolute atomic E-state index is 11.9. The molecule has 0 unspecified atom stereocenters. The highest BCUT2D eigenvalue weighted by Crippen LogP contribution is 2.13. The van der Waals surface area contributed by atoms with Gasteiger partial charge >= 0.3 is 5.97 Å². The van der Waals surface area contributed by atoms with Crippen molar-refractivity contribution in [3.8, 4) is 0 Å². The Labute approximate surface area is 125 Å². The number of halogens is 1. The molecule has 0 saturated carbocycles. The summed E-state index contributed by atoms with van der Waals surface area (Å²) < 4.78 is 5.38. The van der Waals surface area contributed by atoms with E-state index in [-0.39, 0.29) is 11.5 Å². The topological polar surface area (TPSA) is 107 Å². The number of hydrogen-bond acceptors (Lipinski definition) is 6. The lowest BCUT2D eigenvalue weighted by Gasteiger charge is -2.23. The van der Waals surface area contributed by atoms with E-state index in [2.05, 4.69) is 31.2 Å². The number of aromatic nitrogens is 2. The van der Waals surface area contributed by atoms with E-state index in [1.165, 1.54) is 13.1 Å². The molecule has 0 aliphatic carbocycles. The zero-order valence-electron chi connectivity index (χ0n) is 11.7. The van der Waals surface area contributed by atoms with Crippen molar-refractivity contribution in [1.29, 1.82) is 0 Å². The standard InChI is InChI=1S/C12H17BrN4O3/c1-6(10(18)17-12(2,3)4)20-11(19)8-9(14)15-5-7(13)16-8/h5-6H,1-4H3,(H2,14,15)(H,17,18)/t6-/m1/s1. The van der Waals surface area contributed by atoms with Crippen LogP contribution >= 0.6 is 15.9 Å². The van der Waals surface area contributed by atoms with Gasteiger partial charge < -0.3 is 15.8 Å². The molecule has 1 heterocycles. The number of hydrogen-bond donors (Lipinski definition) is 2. The Balaban J connectivity index is 2.75. The third-order valence-corrected chi connectivity index (χ3v) is 2.50. The number of ether oxygens (including phenoxy) is 1. The van der Waals surface area contributed by atoms with E-state index in [4.69, 9.17) is 10.5 Å². The second-order valence-corrected chi connectivity index (χ2v) is 6.03. The van der Waals surface area contributed by atoms with Crippen molar-refractivity contribution in [2.24, 2.45) is 0 Å². The summed E-state index contributed by atoms with van der Waals surface area (Å²) in [6.45, 7) is 6.96. The highest BCUT2D eigenvalue weighted by atomic mass is 79.9. The predicted molar refractivity (Wildman–Crippen MR) is 76.9 cm³/mol. The average molecular weight is 345 g/mol. The van der Waals surface area contributed by atoms with Crippen LogP contribution in [0.1, 0.15) is 38.2 Å². The van der Waals surface area contributed by atoms with Crippen molar-refractivity contribution in [2.45, 2.75) is 39.3 Å². The summed E-state index contributed by atoms with van der Waals surface area (Å²) in [6.07, 6.45) is 0.406. The molecule has 1 rings (SSSR count). The molecule has 20 heavy (non-hydrogen) atoms. The molecule has 1 aromatic heterocycles. The van der Waals surface area contributed by atoms with Gasteiger partial charge in [-0.1, -0.05) is 0 Å². The van der Waals surface area contributed by atoms with Crippen molar-refractivity contribution < 1.29 is 14.3 Å². The van der Waals surface area contributed by atoms with E-state index >= 15 is 0 Å². The smallest absolute Gasteiger partial charge is 0.361 e. The Morgan fingerprint density at radius 1 is 1.45 bits per heavy atom. The second-order valence-electron chi connectivity index (χ2n) is 5.21. The summed E-state index contributed by atoms with van der Waals surface area (Å²) in [5.41, 5.74) is 5.01. The average Bonchev–Trinajstić information content (AvgIpc) is 2.29. The molecule has 0 aliphatic rings. The van der Waals surface area contributed by atoms with Gasteiger partial charge in [0.1, 0.15) is 4.60 Å². The van der Waals surface area contributed by atoms with Crippen molar-refractivity contribution >= 4 is 33.6 Å². The maximum atomic E-state index is 11.9. The molecule has 1 atom stereocenters. The minimum atomic E-state index is -0.957. The Morgan fingerprint density at radius 3 is 2.60 bits per heavy atom.